The highest BCUT2D eigenvalue weighted by Crippen LogP contribution is 2.22. The molecule has 3 aromatic rings. The van der Waals surface area contributed by atoms with Crippen molar-refractivity contribution in [1.82, 2.24) is 19.3 Å². The number of amides is 1. The molecule has 0 saturated heterocycles. The van der Waals surface area contributed by atoms with Gasteiger partial charge in [-0.15, -0.1) is 0 Å². The molecule has 0 unspecified atom stereocenters. The van der Waals surface area contributed by atoms with Crippen LogP contribution >= 0.6 is 11.6 Å². The van der Waals surface area contributed by atoms with E-state index in [0.717, 1.165) is 12.1 Å². The molecule has 3 rings (SSSR count). The predicted octanol–water partition coefficient (Wildman–Crippen LogP) is 1.49. The third-order valence-corrected chi connectivity index (χ3v) is 4.16. The van der Waals surface area contributed by atoms with Crippen LogP contribution in [0.2, 0.25) is 5.02 Å². The molecule has 0 bridgehead atoms. The fraction of sp³-hybridized carbons (Fsp3) is 0.235. The van der Waals surface area contributed by atoms with Crippen LogP contribution in [0.5, 0.6) is 0 Å². The third kappa shape index (κ3) is 4.34. The maximum Gasteiger partial charge on any atom is 0.308 e. The van der Waals surface area contributed by atoms with Crippen LogP contribution in [-0.2, 0) is 27.9 Å². The maximum atomic E-state index is 13.0. The van der Waals surface area contributed by atoms with Crippen molar-refractivity contribution in [3.05, 3.63) is 51.9 Å². The van der Waals surface area contributed by atoms with Crippen molar-refractivity contribution in [3.63, 3.8) is 0 Å². The van der Waals surface area contributed by atoms with Crippen LogP contribution in [0.25, 0.3) is 11.0 Å². The predicted molar refractivity (Wildman–Crippen MR) is 98.4 cm³/mol. The molecule has 146 valence electrons. The number of benzene rings is 1. The van der Waals surface area contributed by atoms with E-state index in [1.54, 1.807) is 7.05 Å². The number of halogens is 2. The number of aryl methyl sites for hydroxylation is 2. The van der Waals surface area contributed by atoms with E-state index < -0.39 is 24.3 Å². The molecule has 11 heteroatoms. The summed E-state index contributed by atoms with van der Waals surface area (Å²) < 4.78 is 20.6. The Kier molecular flexibility index (Phi) is 5.69. The number of anilines is 1. The van der Waals surface area contributed by atoms with Crippen molar-refractivity contribution in [2.24, 2.45) is 7.05 Å². The van der Waals surface area contributed by atoms with Gasteiger partial charge in [-0.25, -0.2) is 9.37 Å². The van der Waals surface area contributed by atoms with E-state index in [1.165, 1.54) is 27.8 Å². The lowest BCUT2D eigenvalue weighted by Gasteiger charge is -2.09. The highest BCUT2D eigenvalue weighted by atomic mass is 35.5. The molecule has 0 aliphatic carbocycles. The smallest absolute Gasteiger partial charge is 0.308 e. The van der Waals surface area contributed by atoms with Crippen LogP contribution in [0.1, 0.15) is 6.42 Å². The number of hydrogen-bond acceptors (Lipinski definition) is 6. The molecule has 0 atom stereocenters. The summed E-state index contributed by atoms with van der Waals surface area (Å²) in [5.74, 6) is -1.83. The minimum Gasteiger partial charge on any atom is -0.456 e. The van der Waals surface area contributed by atoms with Gasteiger partial charge < -0.3 is 10.1 Å². The molecule has 0 fully saturated rings. The number of fused-ring (bicyclic) bond motifs is 1. The van der Waals surface area contributed by atoms with Gasteiger partial charge >= 0.3 is 5.97 Å². The Labute approximate surface area is 162 Å². The third-order valence-electron chi connectivity index (χ3n) is 3.84. The summed E-state index contributed by atoms with van der Waals surface area (Å²) >= 11 is 5.80. The number of rotatable bonds is 6. The normalized spacial score (nSPS) is 10.8. The van der Waals surface area contributed by atoms with Crippen LogP contribution in [0.3, 0.4) is 0 Å². The highest BCUT2D eigenvalue weighted by molar-refractivity contribution is 6.33. The molecular formula is C17H15ClFN5O4. The van der Waals surface area contributed by atoms with Crippen molar-refractivity contribution in [1.29, 1.82) is 0 Å². The van der Waals surface area contributed by atoms with E-state index in [1.807, 2.05) is 0 Å². The van der Waals surface area contributed by atoms with Gasteiger partial charge in [0.2, 0.25) is 0 Å². The molecule has 0 saturated carbocycles. The second-order valence-electron chi connectivity index (χ2n) is 5.83. The molecule has 1 aromatic carbocycles. The molecule has 9 nitrogen and oxygen atoms in total. The number of ether oxygens (including phenoxy) is 1. The Hall–Kier alpha value is -3.27. The van der Waals surface area contributed by atoms with Gasteiger partial charge in [-0.1, -0.05) is 11.6 Å². The van der Waals surface area contributed by atoms with E-state index in [2.05, 4.69) is 15.4 Å². The van der Waals surface area contributed by atoms with Crippen LogP contribution in [0.15, 0.2) is 35.5 Å². The van der Waals surface area contributed by atoms with Crippen molar-refractivity contribution in [2.75, 3.05) is 11.9 Å². The second-order valence-corrected chi connectivity index (χ2v) is 6.24. The zero-order valence-electron chi connectivity index (χ0n) is 14.7. The quantitative estimate of drug-likeness (QED) is 0.620. The number of aromatic nitrogens is 4. The number of carbonyl (C=O) groups is 2. The van der Waals surface area contributed by atoms with Gasteiger partial charge in [0.1, 0.15) is 11.2 Å². The topological polar surface area (TPSA) is 108 Å². The van der Waals surface area contributed by atoms with Gasteiger partial charge in [-0.05, 0) is 18.2 Å². The monoisotopic (exact) mass is 407 g/mol. The molecule has 28 heavy (non-hydrogen) atoms. The number of carbonyl (C=O) groups excluding carboxylic acids is 2. The number of esters is 1. The van der Waals surface area contributed by atoms with E-state index in [0.29, 0.717) is 11.0 Å². The first-order valence-corrected chi connectivity index (χ1v) is 8.50. The molecule has 0 spiro atoms. The number of nitrogens with one attached hydrogen (secondary N) is 1. The van der Waals surface area contributed by atoms with E-state index in [-0.39, 0.29) is 29.2 Å². The number of nitrogens with zero attached hydrogens (tertiary/aromatic N) is 4. The van der Waals surface area contributed by atoms with Gasteiger partial charge in [-0.3, -0.25) is 23.6 Å². The fourth-order valence-electron chi connectivity index (χ4n) is 2.43. The summed E-state index contributed by atoms with van der Waals surface area (Å²) in [6, 6.07) is 3.48. The molecule has 1 N–H and O–H groups in total. The van der Waals surface area contributed by atoms with Crippen LogP contribution in [-0.4, -0.2) is 37.8 Å². The molecule has 2 aromatic heterocycles. The van der Waals surface area contributed by atoms with E-state index in [9.17, 15) is 18.8 Å². The maximum absolute atomic E-state index is 13.0. The van der Waals surface area contributed by atoms with Crippen LogP contribution in [0, 0.1) is 5.82 Å². The van der Waals surface area contributed by atoms with Gasteiger partial charge in [0, 0.05) is 13.6 Å². The Bertz CT molecular complexity index is 1110. The molecule has 0 aliphatic heterocycles. The van der Waals surface area contributed by atoms with Crippen LogP contribution < -0.4 is 10.9 Å². The summed E-state index contributed by atoms with van der Waals surface area (Å²) in [7, 11) is 1.67. The summed E-state index contributed by atoms with van der Waals surface area (Å²) in [4.78, 5) is 40.1. The Morgan fingerprint density at radius 1 is 1.36 bits per heavy atom. The van der Waals surface area contributed by atoms with Crippen molar-refractivity contribution in [3.8, 4) is 0 Å². The second kappa shape index (κ2) is 8.17. The van der Waals surface area contributed by atoms with Gasteiger partial charge in [0.15, 0.2) is 12.3 Å². The average Bonchev–Trinajstić information content (AvgIpc) is 3.03. The lowest BCUT2D eigenvalue weighted by Crippen LogP contribution is -2.24. The Balaban J connectivity index is 1.51. The Morgan fingerprint density at radius 3 is 2.89 bits per heavy atom. The lowest BCUT2D eigenvalue weighted by atomic mass is 10.3. The van der Waals surface area contributed by atoms with Gasteiger partial charge in [0.25, 0.3) is 11.5 Å². The Morgan fingerprint density at radius 2 is 2.14 bits per heavy atom. The van der Waals surface area contributed by atoms with E-state index >= 15 is 0 Å². The summed E-state index contributed by atoms with van der Waals surface area (Å²) in [5.41, 5.74) is 0.320. The molecule has 2 heterocycles. The van der Waals surface area contributed by atoms with Crippen molar-refractivity contribution < 1.29 is 18.7 Å². The van der Waals surface area contributed by atoms with Crippen molar-refractivity contribution >= 4 is 40.2 Å². The first-order chi connectivity index (χ1) is 13.3. The SMILES string of the molecule is Cn1ncc2c(=O)n(CCC(=O)OCC(=O)Nc3ccc(F)cc3Cl)cnc21. The van der Waals surface area contributed by atoms with Crippen LogP contribution in [0.4, 0.5) is 10.1 Å². The fourth-order valence-corrected chi connectivity index (χ4v) is 2.65. The first kappa shape index (κ1) is 19.5. The zero-order valence-corrected chi connectivity index (χ0v) is 15.4. The molecular weight excluding hydrogens is 393 g/mol. The minimum absolute atomic E-state index is 0.0253. The van der Waals surface area contributed by atoms with Gasteiger partial charge in [0.05, 0.1) is 29.7 Å². The number of hydrogen-bond donors (Lipinski definition) is 1. The molecule has 1 amide bonds. The molecule has 0 aliphatic rings. The molecule has 0 radical (unpaired) electrons. The summed E-state index contributed by atoms with van der Waals surface area (Å²) in [6.07, 6.45) is 2.60. The van der Waals surface area contributed by atoms with Crippen molar-refractivity contribution in [2.45, 2.75) is 13.0 Å². The highest BCUT2D eigenvalue weighted by Gasteiger charge is 2.12. The average molecular weight is 408 g/mol. The standard InChI is InChI=1S/C17H15ClFN5O4/c1-23-16-11(7-21-23)17(27)24(9-20-16)5-4-15(26)28-8-14(25)22-13-3-2-10(19)6-12(13)18/h2-3,6-7,9H,4-5,8H2,1H3,(H,22,25). The first-order valence-electron chi connectivity index (χ1n) is 8.13. The summed E-state index contributed by atoms with van der Waals surface area (Å²) in [5, 5.41) is 6.74. The largest absolute Gasteiger partial charge is 0.456 e. The minimum atomic E-state index is -0.668. The van der Waals surface area contributed by atoms with E-state index in [4.69, 9.17) is 16.3 Å². The zero-order chi connectivity index (χ0) is 20.3. The summed E-state index contributed by atoms with van der Waals surface area (Å²) in [6.45, 7) is -0.498. The van der Waals surface area contributed by atoms with Gasteiger partial charge in [-0.2, -0.15) is 5.10 Å². The lowest BCUT2D eigenvalue weighted by molar-refractivity contribution is -0.147.